The Bertz CT molecular complexity index is 2010. The van der Waals surface area contributed by atoms with E-state index in [9.17, 15) is 14.9 Å². The lowest BCUT2D eigenvalue weighted by molar-refractivity contribution is -0.136. The number of methoxy groups -OCH3 is 1. The Balaban J connectivity index is 1.54. The minimum atomic E-state index is -0.812. The number of fused-ring (bicyclic) bond motifs is 1. The smallest absolute Gasteiger partial charge is 0.337 e. The Labute approximate surface area is 276 Å². The largest absolute Gasteiger partial charge is 0.490 e. The molecule has 0 N–H and O–H groups in total. The topological polar surface area (TPSA) is 112 Å². The molecule has 1 aliphatic heterocycles. The number of halogens is 2. The van der Waals surface area contributed by atoms with Crippen LogP contribution in [0.5, 0.6) is 17.2 Å². The van der Waals surface area contributed by atoms with Gasteiger partial charge in [-0.05, 0) is 77.3 Å². The molecule has 0 spiro atoms. The molecule has 5 rings (SSSR count). The maximum Gasteiger partial charge on any atom is 0.337 e. The van der Waals surface area contributed by atoms with Gasteiger partial charge in [-0.25, -0.2) is 9.79 Å². The van der Waals surface area contributed by atoms with Gasteiger partial charge in [-0.1, -0.05) is 47.2 Å². The average molecular weight is 709 g/mol. The summed E-state index contributed by atoms with van der Waals surface area (Å²) in [6.45, 7) is 4.75. The number of thiazole rings is 1. The van der Waals surface area contributed by atoms with E-state index in [2.05, 4.69) is 27.0 Å². The molecule has 3 aromatic carbocycles. The summed E-state index contributed by atoms with van der Waals surface area (Å²) >= 11 is 11.3. The van der Waals surface area contributed by atoms with Crippen LogP contribution in [0.2, 0.25) is 5.02 Å². The van der Waals surface area contributed by atoms with Crippen LogP contribution in [0.25, 0.3) is 6.08 Å². The van der Waals surface area contributed by atoms with Crippen LogP contribution in [0.15, 0.2) is 80.6 Å². The summed E-state index contributed by atoms with van der Waals surface area (Å²) < 4.78 is 25.0. The maximum atomic E-state index is 13.9. The molecule has 4 aromatic rings. The SMILES string of the molecule is CCOc1ccc([C@@H]2C(C(=O)OC)=CN=c3s/c(=C\c4cc(Cl)c(OCc5ccccc5C#N)c(Br)c4)c(=O)n32)cc1OCC. The van der Waals surface area contributed by atoms with Gasteiger partial charge < -0.3 is 18.9 Å². The monoisotopic (exact) mass is 707 g/mol. The Hall–Kier alpha value is -4.37. The number of rotatable bonds is 10. The Morgan fingerprint density at radius 1 is 1.11 bits per heavy atom. The van der Waals surface area contributed by atoms with Gasteiger partial charge in [-0.3, -0.25) is 9.36 Å². The van der Waals surface area contributed by atoms with E-state index < -0.39 is 12.0 Å². The van der Waals surface area contributed by atoms with E-state index in [1.165, 1.54) is 29.2 Å². The Morgan fingerprint density at radius 3 is 2.58 bits per heavy atom. The first-order valence-electron chi connectivity index (χ1n) is 13.9. The Kier molecular flexibility index (Phi) is 10.1. The van der Waals surface area contributed by atoms with Gasteiger partial charge >= 0.3 is 5.97 Å². The van der Waals surface area contributed by atoms with E-state index >= 15 is 0 Å². The van der Waals surface area contributed by atoms with Crippen molar-refractivity contribution in [3.05, 3.63) is 118 Å². The summed E-state index contributed by atoms with van der Waals surface area (Å²) in [5.74, 6) is 0.862. The minimum Gasteiger partial charge on any atom is -0.490 e. The summed E-state index contributed by atoms with van der Waals surface area (Å²) in [5, 5.41) is 9.69. The second-order valence-electron chi connectivity index (χ2n) is 9.62. The first-order chi connectivity index (χ1) is 21.8. The van der Waals surface area contributed by atoms with E-state index in [1.807, 2.05) is 26.0 Å². The molecule has 12 heteroatoms. The molecule has 0 radical (unpaired) electrons. The summed E-state index contributed by atoms with van der Waals surface area (Å²) in [5.41, 5.74) is 2.38. The highest BCUT2D eigenvalue weighted by Crippen LogP contribution is 2.36. The van der Waals surface area contributed by atoms with Crippen molar-refractivity contribution in [2.45, 2.75) is 26.5 Å². The third-order valence-corrected chi connectivity index (χ3v) is 8.70. The van der Waals surface area contributed by atoms with Crippen molar-refractivity contribution in [2.75, 3.05) is 20.3 Å². The molecule has 0 saturated carbocycles. The van der Waals surface area contributed by atoms with Crippen LogP contribution in [0.1, 0.15) is 42.1 Å². The van der Waals surface area contributed by atoms with E-state index in [-0.39, 0.29) is 17.7 Å². The van der Waals surface area contributed by atoms with Crippen molar-refractivity contribution in [1.82, 2.24) is 4.57 Å². The zero-order valence-corrected chi connectivity index (χ0v) is 27.7. The van der Waals surface area contributed by atoms with Crippen LogP contribution < -0.4 is 29.1 Å². The lowest BCUT2D eigenvalue weighted by Gasteiger charge is -2.23. The molecule has 0 bridgehead atoms. The molecule has 1 aromatic heterocycles. The van der Waals surface area contributed by atoms with Crippen molar-refractivity contribution in [1.29, 1.82) is 5.26 Å². The predicted molar refractivity (Wildman–Crippen MR) is 175 cm³/mol. The molecule has 0 unspecified atom stereocenters. The number of nitrogens with zero attached hydrogens (tertiary/aromatic N) is 3. The molecule has 0 aliphatic carbocycles. The number of aromatic nitrogens is 1. The van der Waals surface area contributed by atoms with Gasteiger partial charge in [0.25, 0.3) is 5.56 Å². The van der Waals surface area contributed by atoms with Gasteiger partial charge in [0, 0.05) is 11.8 Å². The predicted octanol–water partition coefficient (Wildman–Crippen LogP) is 5.68. The second-order valence-corrected chi connectivity index (χ2v) is 11.9. The normalized spacial score (nSPS) is 14.1. The number of carbonyl (C=O) groups excluding carboxylic acids is 1. The number of esters is 1. The van der Waals surface area contributed by atoms with Gasteiger partial charge in [0.1, 0.15) is 6.61 Å². The van der Waals surface area contributed by atoms with Crippen molar-refractivity contribution < 1.29 is 23.7 Å². The van der Waals surface area contributed by atoms with Crippen molar-refractivity contribution >= 4 is 50.9 Å². The fraction of sp³-hybridized carbons (Fsp3) is 0.212. The van der Waals surface area contributed by atoms with Crippen LogP contribution in [-0.4, -0.2) is 30.9 Å². The van der Waals surface area contributed by atoms with E-state index in [0.29, 0.717) is 66.0 Å². The van der Waals surface area contributed by atoms with Gasteiger partial charge in [0.2, 0.25) is 0 Å². The van der Waals surface area contributed by atoms with Gasteiger partial charge in [0.15, 0.2) is 22.0 Å². The van der Waals surface area contributed by atoms with Crippen LogP contribution in [-0.2, 0) is 16.1 Å². The number of ether oxygens (including phenoxy) is 4. The first kappa shape index (κ1) is 32.0. The summed E-state index contributed by atoms with van der Waals surface area (Å²) in [6, 6.07) is 17.3. The molecule has 2 heterocycles. The summed E-state index contributed by atoms with van der Waals surface area (Å²) in [7, 11) is 1.28. The molecule has 45 heavy (non-hydrogen) atoms. The zero-order chi connectivity index (χ0) is 32.1. The van der Waals surface area contributed by atoms with E-state index in [1.54, 1.807) is 48.5 Å². The molecule has 9 nitrogen and oxygen atoms in total. The highest BCUT2D eigenvalue weighted by molar-refractivity contribution is 9.10. The molecule has 0 amide bonds. The zero-order valence-electron chi connectivity index (χ0n) is 24.5. The lowest BCUT2D eigenvalue weighted by atomic mass is 9.97. The van der Waals surface area contributed by atoms with E-state index in [4.69, 9.17) is 30.5 Å². The van der Waals surface area contributed by atoms with Crippen LogP contribution in [0.4, 0.5) is 0 Å². The first-order valence-corrected chi connectivity index (χ1v) is 15.9. The highest BCUT2D eigenvalue weighted by atomic mass is 79.9. The highest BCUT2D eigenvalue weighted by Gasteiger charge is 2.31. The third kappa shape index (κ3) is 6.68. The van der Waals surface area contributed by atoms with Crippen molar-refractivity contribution in [3.8, 4) is 23.3 Å². The third-order valence-electron chi connectivity index (χ3n) is 6.84. The fourth-order valence-corrected chi connectivity index (χ4v) is 6.80. The molecule has 0 fully saturated rings. The van der Waals surface area contributed by atoms with Crippen LogP contribution >= 0.6 is 38.9 Å². The molecular weight excluding hydrogens is 682 g/mol. The standard InChI is InChI=1S/C33H27BrClN3O6S/c1-4-42-26-11-10-20(15-27(26)43-5-2)29-23(32(40)41-3)17-37-33-38(29)31(39)28(45-33)14-19-12-24(34)30(25(35)13-19)44-18-22-9-7-6-8-21(22)16-36/h6-15,17,29H,4-5,18H2,1-3H3/b28-14-/t29-/m1/s1. The van der Waals surface area contributed by atoms with Crippen molar-refractivity contribution in [2.24, 2.45) is 4.99 Å². The van der Waals surface area contributed by atoms with Crippen LogP contribution in [0, 0.1) is 11.3 Å². The fourth-order valence-electron chi connectivity index (χ4n) is 4.84. The van der Waals surface area contributed by atoms with E-state index in [0.717, 1.165) is 5.56 Å². The Morgan fingerprint density at radius 2 is 1.87 bits per heavy atom. The van der Waals surface area contributed by atoms with Gasteiger partial charge in [-0.2, -0.15) is 5.26 Å². The molecule has 230 valence electrons. The van der Waals surface area contributed by atoms with Gasteiger partial charge in [-0.15, -0.1) is 0 Å². The summed E-state index contributed by atoms with van der Waals surface area (Å²) in [6.07, 6.45) is 3.14. The molecular formula is C33H27BrClN3O6S. The average Bonchev–Trinajstić information content (AvgIpc) is 3.35. The number of carbonyl (C=O) groups is 1. The number of hydrogen-bond acceptors (Lipinski definition) is 9. The molecule has 1 atom stereocenters. The quantitative estimate of drug-likeness (QED) is 0.195. The number of nitriles is 1. The minimum absolute atomic E-state index is 0.152. The summed E-state index contributed by atoms with van der Waals surface area (Å²) in [4.78, 5) is 31.7. The lowest BCUT2D eigenvalue weighted by Crippen LogP contribution is -2.39. The number of hydrogen-bond donors (Lipinski definition) is 0. The molecule has 1 aliphatic rings. The number of benzene rings is 3. The van der Waals surface area contributed by atoms with Crippen molar-refractivity contribution in [3.63, 3.8) is 0 Å². The van der Waals surface area contributed by atoms with Crippen LogP contribution in [0.3, 0.4) is 0 Å². The van der Waals surface area contributed by atoms with Gasteiger partial charge in [0.05, 0.1) is 57.6 Å². The molecule has 0 saturated heterocycles. The maximum absolute atomic E-state index is 13.9. The second kappa shape index (κ2) is 14.2.